The summed E-state index contributed by atoms with van der Waals surface area (Å²) in [5.41, 5.74) is 3.95. The molecule has 0 saturated carbocycles. The highest BCUT2D eigenvalue weighted by atomic mass is 35.5. The molecular weight excluding hydrogens is 452 g/mol. The van der Waals surface area contributed by atoms with Gasteiger partial charge in [0, 0.05) is 23.5 Å². The van der Waals surface area contributed by atoms with E-state index in [2.05, 4.69) is 10.1 Å². The van der Waals surface area contributed by atoms with Gasteiger partial charge in [0.25, 0.3) is 5.91 Å². The third-order valence-electron chi connectivity index (χ3n) is 5.46. The number of anilines is 1. The summed E-state index contributed by atoms with van der Waals surface area (Å²) in [7, 11) is 0. The monoisotopic (exact) mass is 470 g/mol. The number of halogens is 1. The smallest absolute Gasteiger partial charge is 0.262 e. The number of hydrogen-bond acceptors (Lipinski definition) is 5. The van der Waals surface area contributed by atoms with Crippen LogP contribution in [-0.4, -0.2) is 30.7 Å². The highest BCUT2D eigenvalue weighted by Crippen LogP contribution is 2.30. The second-order valence-corrected chi connectivity index (χ2v) is 8.03. The molecule has 0 aliphatic carbocycles. The first kappa shape index (κ1) is 21.5. The number of rotatable bonds is 5. The minimum atomic E-state index is -0.395. The summed E-state index contributed by atoms with van der Waals surface area (Å²) in [5, 5.41) is 24.2. The molecule has 0 fully saturated rings. The molecule has 0 bridgehead atoms. The van der Waals surface area contributed by atoms with Gasteiger partial charge >= 0.3 is 0 Å². The van der Waals surface area contributed by atoms with Crippen LogP contribution in [0, 0.1) is 0 Å². The van der Waals surface area contributed by atoms with Crippen molar-refractivity contribution in [2.75, 3.05) is 4.90 Å². The number of aromatic nitrogens is 3. The van der Waals surface area contributed by atoms with E-state index in [4.69, 9.17) is 11.6 Å². The largest absolute Gasteiger partial charge is 0.508 e. The fourth-order valence-electron chi connectivity index (χ4n) is 3.81. The van der Waals surface area contributed by atoms with Crippen molar-refractivity contribution in [2.45, 2.75) is 6.54 Å². The third kappa shape index (κ3) is 4.16. The maximum atomic E-state index is 13.5. The van der Waals surface area contributed by atoms with Gasteiger partial charge in [0.2, 0.25) is 5.28 Å². The molecule has 5 aromatic rings. The summed E-state index contributed by atoms with van der Waals surface area (Å²) >= 11 is 6.10. The van der Waals surface area contributed by atoms with Crippen molar-refractivity contribution < 1.29 is 15.0 Å². The summed E-state index contributed by atoms with van der Waals surface area (Å²) < 4.78 is 1.66. The molecule has 0 saturated heterocycles. The van der Waals surface area contributed by atoms with E-state index in [1.54, 1.807) is 15.6 Å². The molecule has 2 N–H and O–H groups in total. The van der Waals surface area contributed by atoms with E-state index in [9.17, 15) is 15.0 Å². The lowest BCUT2D eigenvalue weighted by molar-refractivity contribution is 0.0982. The molecule has 0 spiro atoms. The minimum absolute atomic E-state index is 0.0929. The van der Waals surface area contributed by atoms with Gasteiger partial charge in [-0.1, -0.05) is 42.5 Å². The van der Waals surface area contributed by atoms with E-state index < -0.39 is 5.91 Å². The van der Waals surface area contributed by atoms with Crippen molar-refractivity contribution in [1.82, 2.24) is 14.6 Å². The third-order valence-corrected chi connectivity index (χ3v) is 5.62. The van der Waals surface area contributed by atoms with Gasteiger partial charge < -0.3 is 15.1 Å². The van der Waals surface area contributed by atoms with Gasteiger partial charge in [0.15, 0.2) is 0 Å². The summed E-state index contributed by atoms with van der Waals surface area (Å²) in [6.07, 6.45) is 1.80. The van der Waals surface area contributed by atoms with Crippen molar-refractivity contribution in [3.63, 3.8) is 0 Å². The predicted molar refractivity (Wildman–Crippen MR) is 130 cm³/mol. The fraction of sp³-hybridized carbons (Fsp3) is 0.0385. The fourth-order valence-corrected chi connectivity index (χ4v) is 3.98. The molecule has 0 atom stereocenters. The van der Waals surface area contributed by atoms with Crippen LogP contribution < -0.4 is 4.90 Å². The standard InChI is InChI=1S/C26H19ClN4O3/c27-26-28-24(22-7-4-14-31(22)29-26)18-8-10-19(11-9-18)30(16-17-5-2-1-3-6-17)25(34)21-13-12-20(32)15-23(21)33/h1-15,32-33H,16H2. The van der Waals surface area contributed by atoms with E-state index in [1.807, 2.05) is 66.7 Å². The molecule has 0 aliphatic rings. The van der Waals surface area contributed by atoms with Gasteiger partial charge in [-0.05, 0) is 53.6 Å². The van der Waals surface area contributed by atoms with E-state index in [-0.39, 0.29) is 22.3 Å². The highest BCUT2D eigenvalue weighted by Gasteiger charge is 2.22. The quantitative estimate of drug-likeness (QED) is 0.363. The SMILES string of the molecule is O=C(c1ccc(O)cc1O)N(Cc1ccccc1)c1ccc(-c2nc(Cl)nn3cccc23)cc1. The molecule has 2 aromatic heterocycles. The lowest BCUT2D eigenvalue weighted by Gasteiger charge is -2.24. The average Bonchev–Trinajstić information content (AvgIpc) is 3.31. The van der Waals surface area contributed by atoms with Crippen LogP contribution >= 0.6 is 11.6 Å². The number of carbonyl (C=O) groups excluding carboxylic acids is 1. The zero-order valence-electron chi connectivity index (χ0n) is 17.8. The number of phenolic OH excluding ortho intramolecular Hbond substituents is 2. The molecular formula is C26H19ClN4O3. The molecule has 3 aromatic carbocycles. The molecule has 7 nitrogen and oxygen atoms in total. The Balaban J connectivity index is 1.54. The van der Waals surface area contributed by atoms with Gasteiger partial charge in [-0.2, -0.15) is 0 Å². The zero-order valence-corrected chi connectivity index (χ0v) is 18.6. The normalized spacial score (nSPS) is 11.0. The van der Waals surface area contributed by atoms with Gasteiger partial charge in [-0.25, -0.2) is 9.50 Å². The Morgan fingerprint density at radius 2 is 1.71 bits per heavy atom. The number of phenols is 2. The molecule has 1 amide bonds. The number of benzene rings is 3. The maximum absolute atomic E-state index is 13.5. The lowest BCUT2D eigenvalue weighted by Crippen LogP contribution is -2.30. The van der Waals surface area contributed by atoms with Gasteiger partial charge in [-0.15, -0.1) is 5.10 Å². The van der Waals surface area contributed by atoms with Crippen LogP contribution in [0.1, 0.15) is 15.9 Å². The van der Waals surface area contributed by atoms with Crippen LogP contribution in [0.3, 0.4) is 0 Å². The van der Waals surface area contributed by atoms with Crippen LogP contribution in [0.2, 0.25) is 5.28 Å². The van der Waals surface area contributed by atoms with E-state index in [0.29, 0.717) is 17.9 Å². The Hall–Kier alpha value is -4.36. The van der Waals surface area contributed by atoms with Gasteiger partial charge in [0.1, 0.15) is 11.5 Å². The molecule has 8 heteroatoms. The number of carbonyl (C=O) groups is 1. The summed E-state index contributed by atoms with van der Waals surface area (Å²) in [6, 6.07) is 24.6. The minimum Gasteiger partial charge on any atom is -0.508 e. The Kier molecular flexibility index (Phi) is 5.61. The van der Waals surface area contributed by atoms with Crippen LogP contribution in [0.5, 0.6) is 11.5 Å². The van der Waals surface area contributed by atoms with Crippen LogP contribution in [0.4, 0.5) is 5.69 Å². The van der Waals surface area contributed by atoms with Crippen LogP contribution in [0.15, 0.2) is 91.1 Å². The maximum Gasteiger partial charge on any atom is 0.262 e. The Bertz CT molecular complexity index is 1480. The topological polar surface area (TPSA) is 91.0 Å². The van der Waals surface area contributed by atoms with Crippen LogP contribution in [0.25, 0.3) is 16.8 Å². The zero-order chi connectivity index (χ0) is 23.7. The molecule has 0 unspecified atom stereocenters. The predicted octanol–water partition coefficient (Wildman–Crippen LogP) is 5.31. The Labute approximate surface area is 200 Å². The van der Waals surface area contributed by atoms with Gasteiger partial charge in [-0.3, -0.25) is 4.79 Å². The van der Waals surface area contributed by atoms with E-state index >= 15 is 0 Å². The molecule has 0 radical (unpaired) electrons. The second-order valence-electron chi connectivity index (χ2n) is 7.69. The van der Waals surface area contributed by atoms with Crippen molar-refractivity contribution in [1.29, 1.82) is 0 Å². The number of amides is 1. The summed E-state index contributed by atoms with van der Waals surface area (Å²) in [6.45, 7) is 0.293. The average molecular weight is 471 g/mol. The van der Waals surface area contributed by atoms with Crippen molar-refractivity contribution in [2.24, 2.45) is 0 Å². The lowest BCUT2D eigenvalue weighted by atomic mass is 10.1. The molecule has 0 aliphatic heterocycles. The van der Waals surface area contributed by atoms with Crippen LogP contribution in [-0.2, 0) is 6.54 Å². The molecule has 168 valence electrons. The highest BCUT2D eigenvalue weighted by molar-refractivity contribution is 6.28. The Morgan fingerprint density at radius 3 is 2.44 bits per heavy atom. The first-order valence-corrected chi connectivity index (χ1v) is 10.9. The van der Waals surface area contributed by atoms with E-state index in [1.165, 1.54) is 12.1 Å². The van der Waals surface area contributed by atoms with E-state index in [0.717, 1.165) is 22.7 Å². The molecule has 34 heavy (non-hydrogen) atoms. The number of fused-ring (bicyclic) bond motifs is 1. The van der Waals surface area contributed by atoms with Gasteiger partial charge in [0.05, 0.1) is 23.3 Å². The first-order chi connectivity index (χ1) is 16.5. The summed E-state index contributed by atoms with van der Waals surface area (Å²) in [4.78, 5) is 19.4. The summed E-state index contributed by atoms with van der Waals surface area (Å²) in [5.74, 6) is -0.799. The first-order valence-electron chi connectivity index (χ1n) is 10.5. The Morgan fingerprint density at radius 1 is 0.941 bits per heavy atom. The van der Waals surface area contributed by atoms with Crippen molar-refractivity contribution in [3.8, 4) is 22.8 Å². The number of hydrogen-bond donors (Lipinski definition) is 2. The molecule has 5 rings (SSSR count). The number of aromatic hydroxyl groups is 2. The second kappa shape index (κ2) is 8.88. The number of nitrogens with zero attached hydrogens (tertiary/aromatic N) is 4. The van der Waals surface area contributed by atoms with Crippen molar-refractivity contribution in [3.05, 3.63) is 108 Å². The van der Waals surface area contributed by atoms with Crippen molar-refractivity contribution >= 4 is 28.7 Å². The molecule has 2 heterocycles.